The molecule has 2 aromatic carbocycles. The van der Waals surface area contributed by atoms with Crippen LogP contribution in [0.4, 0.5) is 0 Å². The van der Waals surface area contributed by atoms with Gasteiger partial charge in [0.2, 0.25) is 0 Å². The zero-order chi connectivity index (χ0) is 18.7. The van der Waals surface area contributed by atoms with Crippen LogP contribution in [-0.4, -0.2) is 22.3 Å². The third kappa shape index (κ3) is 3.74. The van der Waals surface area contributed by atoms with Crippen LogP contribution in [0.25, 0.3) is 0 Å². The van der Waals surface area contributed by atoms with Crippen LogP contribution in [0.15, 0.2) is 70.3 Å². The zero-order valence-electron chi connectivity index (χ0n) is 14.8. The van der Waals surface area contributed by atoms with Gasteiger partial charge in [0, 0.05) is 27.9 Å². The van der Waals surface area contributed by atoms with Crippen molar-refractivity contribution in [2.45, 2.75) is 26.3 Å². The van der Waals surface area contributed by atoms with E-state index in [1.54, 1.807) is 0 Å². The summed E-state index contributed by atoms with van der Waals surface area (Å²) in [6.45, 7) is 4.89. The Hall–Kier alpha value is -1.98. The van der Waals surface area contributed by atoms with Gasteiger partial charge in [0.25, 0.3) is 0 Å². The van der Waals surface area contributed by atoms with E-state index in [2.05, 4.69) is 28.2 Å². The smallest absolute Gasteiger partial charge is 0.193 e. The minimum absolute atomic E-state index is 0.0344. The second-order valence-corrected chi connectivity index (χ2v) is 7.58. The van der Waals surface area contributed by atoms with Crippen LogP contribution in [0.3, 0.4) is 0 Å². The van der Waals surface area contributed by atoms with E-state index in [1.807, 2.05) is 66.4 Å². The van der Waals surface area contributed by atoms with E-state index in [-0.39, 0.29) is 11.8 Å². The fourth-order valence-corrected chi connectivity index (χ4v) is 3.83. The number of halogens is 1. The summed E-state index contributed by atoms with van der Waals surface area (Å²) in [5.41, 5.74) is 3.39. The average molecular weight is 429 g/mol. The highest BCUT2D eigenvalue weighted by atomic mass is 79.9. The molecule has 0 saturated heterocycles. The fourth-order valence-electron chi connectivity index (χ4n) is 3.22. The van der Waals surface area contributed by atoms with Crippen molar-refractivity contribution in [1.29, 1.82) is 0 Å². The summed E-state index contributed by atoms with van der Waals surface area (Å²) in [7, 11) is 0. The third-order valence-electron chi connectivity index (χ3n) is 4.53. The monoisotopic (exact) mass is 428 g/mol. The topological polar surface area (TPSA) is 32.3 Å². The summed E-state index contributed by atoms with van der Waals surface area (Å²) in [5, 5.41) is 4.05. The van der Waals surface area contributed by atoms with Gasteiger partial charge >= 0.3 is 0 Å². The molecule has 1 atom stereocenters. The van der Waals surface area contributed by atoms with Gasteiger partial charge in [0.15, 0.2) is 10.9 Å². The van der Waals surface area contributed by atoms with E-state index in [4.69, 9.17) is 12.2 Å². The molecular weight excluding hydrogens is 408 g/mol. The first-order valence-corrected chi connectivity index (χ1v) is 9.87. The lowest BCUT2D eigenvalue weighted by atomic mass is 9.89. The molecule has 0 radical (unpaired) electrons. The highest BCUT2D eigenvalue weighted by Gasteiger charge is 2.33. The number of thiocarbonyl (C=S) groups is 1. The summed E-state index contributed by atoms with van der Waals surface area (Å²) in [6, 6.07) is 17.2. The van der Waals surface area contributed by atoms with Crippen LogP contribution in [0.2, 0.25) is 0 Å². The molecule has 1 aliphatic rings. The van der Waals surface area contributed by atoms with Crippen molar-refractivity contribution in [3.63, 3.8) is 0 Å². The van der Waals surface area contributed by atoms with Crippen LogP contribution >= 0.6 is 28.1 Å². The van der Waals surface area contributed by atoms with E-state index < -0.39 is 0 Å². The second kappa shape index (κ2) is 8.14. The number of nitrogens with one attached hydrogen (secondary N) is 1. The number of Topliss-reactive ketones (excluding diaryl/α,β-unsaturated/α-hetero) is 1. The minimum Gasteiger partial charge on any atom is -0.351 e. The first-order chi connectivity index (χ1) is 12.5. The van der Waals surface area contributed by atoms with Gasteiger partial charge in [-0.2, -0.15) is 0 Å². The van der Waals surface area contributed by atoms with Crippen molar-refractivity contribution in [1.82, 2.24) is 10.2 Å². The SMILES string of the molecule is CCCN1C(=S)NC(c2ccc(Br)cc2)C(C(=O)c2ccccc2)=C1C. The number of carbonyl (C=O) groups excluding carboxylic acids is 1. The summed E-state index contributed by atoms with van der Waals surface area (Å²) in [6.07, 6.45) is 0.953. The molecule has 1 unspecified atom stereocenters. The zero-order valence-corrected chi connectivity index (χ0v) is 17.2. The molecule has 134 valence electrons. The quantitative estimate of drug-likeness (QED) is 0.520. The molecule has 0 bridgehead atoms. The summed E-state index contributed by atoms with van der Waals surface area (Å²) in [5.74, 6) is 0.0344. The molecule has 0 amide bonds. The lowest BCUT2D eigenvalue weighted by Gasteiger charge is -2.38. The van der Waals surface area contributed by atoms with E-state index in [0.717, 1.165) is 34.3 Å². The molecule has 1 aliphatic heterocycles. The maximum Gasteiger partial charge on any atom is 0.193 e. The molecule has 0 fully saturated rings. The van der Waals surface area contributed by atoms with Crippen LogP contribution in [0.1, 0.15) is 42.2 Å². The number of allylic oxidation sites excluding steroid dienone is 1. The van der Waals surface area contributed by atoms with Gasteiger partial charge < -0.3 is 10.2 Å². The number of hydrogen-bond acceptors (Lipinski definition) is 2. The lowest BCUT2D eigenvalue weighted by molar-refractivity contribution is 0.102. The van der Waals surface area contributed by atoms with Gasteiger partial charge in [-0.3, -0.25) is 4.79 Å². The van der Waals surface area contributed by atoms with Gasteiger partial charge in [-0.05, 0) is 43.3 Å². The summed E-state index contributed by atoms with van der Waals surface area (Å²) >= 11 is 9.06. The molecule has 2 aromatic rings. The van der Waals surface area contributed by atoms with Gasteiger partial charge in [-0.25, -0.2) is 0 Å². The highest BCUT2D eigenvalue weighted by molar-refractivity contribution is 9.10. The molecule has 1 heterocycles. The van der Waals surface area contributed by atoms with Crippen molar-refractivity contribution in [2.75, 3.05) is 6.54 Å². The predicted molar refractivity (Wildman–Crippen MR) is 113 cm³/mol. The number of ketones is 1. The Kier molecular flexibility index (Phi) is 5.89. The normalized spacial score (nSPS) is 17.3. The number of rotatable bonds is 5. The first kappa shape index (κ1) is 18.8. The Morgan fingerprint density at radius 2 is 1.81 bits per heavy atom. The Bertz CT molecular complexity index is 846. The number of nitrogens with zero attached hydrogens (tertiary/aromatic N) is 1. The van der Waals surface area contributed by atoms with Crippen molar-refractivity contribution in [3.8, 4) is 0 Å². The van der Waals surface area contributed by atoms with E-state index in [9.17, 15) is 4.79 Å². The molecule has 1 N–H and O–H groups in total. The Morgan fingerprint density at radius 3 is 2.42 bits per heavy atom. The van der Waals surface area contributed by atoms with Crippen molar-refractivity contribution < 1.29 is 4.79 Å². The average Bonchev–Trinajstić information content (AvgIpc) is 2.65. The maximum absolute atomic E-state index is 13.3. The molecule has 0 aromatic heterocycles. The van der Waals surface area contributed by atoms with Gasteiger partial charge in [-0.15, -0.1) is 0 Å². The van der Waals surface area contributed by atoms with Crippen molar-refractivity contribution >= 4 is 39.0 Å². The Labute approximate surface area is 168 Å². The van der Waals surface area contributed by atoms with Gasteiger partial charge in [0.05, 0.1) is 6.04 Å². The highest BCUT2D eigenvalue weighted by Crippen LogP contribution is 2.33. The molecule has 5 heteroatoms. The predicted octanol–water partition coefficient (Wildman–Crippen LogP) is 5.25. The van der Waals surface area contributed by atoms with Crippen molar-refractivity contribution in [3.05, 3.63) is 81.5 Å². The molecule has 3 nitrogen and oxygen atoms in total. The Balaban J connectivity index is 2.11. The van der Waals surface area contributed by atoms with Crippen LogP contribution < -0.4 is 5.32 Å². The maximum atomic E-state index is 13.3. The molecule has 0 aliphatic carbocycles. The Morgan fingerprint density at radius 1 is 1.15 bits per heavy atom. The molecular formula is C21H21BrN2OS. The summed E-state index contributed by atoms with van der Waals surface area (Å²) < 4.78 is 1.00. The van der Waals surface area contributed by atoms with Crippen LogP contribution in [0.5, 0.6) is 0 Å². The van der Waals surface area contributed by atoms with Gasteiger partial charge in [-0.1, -0.05) is 65.3 Å². The molecule has 26 heavy (non-hydrogen) atoms. The van der Waals surface area contributed by atoms with Crippen LogP contribution in [0, 0.1) is 0 Å². The third-order valence-corrected chi connectivity index (χ3v) is 5.39. The van der Waals surface area contributed by atoms with Crippen LogP contribution in [-0.2, 0) is 0 Å². The van der Waals surface area contributed by atoms with Crippen molar-refractivity contribution in [2.24, 2.45) is 0 Å². The van der Waals surface area contributed by atoms with E-state index in [0.29, 0.717) is 10.7 Å². The van der Waals surface area contributed by atoms with E-state index in [1.165, 1.54) is 0 Å². The first-order valence-electron chi connectivity index (χ1n) is 8.67. The number of carbonyl (C=O) groups is 1. The second-order valence-electron chi connectivity index (χ2n) is 6.28. The van der Waals surface area contributed by atoms with Gasteiger partial charge in [0.1, 0.15) is 0 Å². The fraction of sp³-hybridized carbons (Fsp3) is 0.238. The standard InChI is InChI=1S/C21H21BrN2OS/c1-3-13-24-14(2)18(20(25)16-7-5-4-6-8-16)19(23-21(24)26)15-9-11-17(22)12-10-15/h4-12,19H,3,13H2,1-2H3,(H,23,26). The number of benzene rings is 2. The molecule has 3 rings (SSSR count). The summed E-state index contributed by atoms with van der Waals surface area (Å²) in [4.78, 5) is 15.4. The minimum atomic E-state index is -0.253. The number of hydrogen-bond donors (Lipinski definition) is 1. The lowest BCUT2D eigenvalue weighted by Crippen LogP contribution is -2.47. The molecule has 0 saturated carbocycles. The van der Waals surface area contributed by atoms with E-state index >= 15 is 0 Å². The largest absolute Gasteiger partial charge is 0.351 e. The molecule has 0 spiro atoms.